The Balaban J connectivity index is 4.52. The Labute approximate surface area is 68.1 Å². The standard InChI is InChI=1S/C6H10O6/c1-2(7)4(8)3(5(9)10)6(11)12/h2-4,7-8H,1H3,(H,9,10)(H,11,12). The van der Waals surface area contributed by atoms with Crippen molar-refractivity contribution in [1.29, 1.82) is 0 Å². The minimum absolute atomic E-state index is 1.11. The second-order valence-corrected chi connectivity index (χ2v) is 2.39. The lowest BCUT2D eigenvalue weighted by Crippen LogP contribution is -2.41. The van der Waals surface area contributed by atoms with Crippen LogP contribution in [0.2, 0.25) is 0 Å². The third-order valence-corrected chi connectivity index (χ3v) is 1.37. The molecule has 0 spiro atoms. The minimum atomic E-state index is -1.98. The van der Waals surface area contributed by atoms with E-state index in [2.05, 4.69) is 0 Å². The van der Waals surface area contributed by atoms with Crippen LogP contribution in [0.3, 0.4) is 0 Å². The van der Waals surface area contributed by atoms with Crippen LogP contribution in [0.25, 0.3) is 0 Å². The van der Waals surface area contributed by atoms with Crippen LogP contribution >= 0.6 is 0 Å². The number of carbonyl (C=O) groups is 2. The molecule has 0 saturated carbocycles. The van der Waals surface area contributed by atoms with Crippen LogP contribution < -0.4 is 0 Å². The summed E-state index contributed by atoms with van der Waals surface area (Å²) in [7, 11) is 0. The highest BCUT2D eigenvalue weighted by Crippen LogP contribution is 2.08. The van der Waals surface area contributed by atoms with E-state index in [0.29, 0.717) is 0 Å². The van der Waals surface area contributed by atoms with Gasteiger partial charge in [-0.1, -0.05) is 0 Å². The van der Waals surface area contributed by atoms with E-state index in [4.69, 9.17) is 20.4 Å². The number of carboxylic acid groups (broad SMARTS) is 2. The highest BCUT2D eigenvalue weighted by Gasteiger charge is 2.36. The number of hydrogen-bond donors (Lipinski definition) is 4. The van der Waals surface area contributed by atoms with Gasteiger partial charge in [-0.25, -0.2) is 0 Å². The number of carboxylic acids is 2. The molecular weight excluding hydrogens is 168 g/mol. The first kappa shape index (κ1) is 10.9. The fourth-order valence-corrected chi connectivity index (χ4v) is 0.676. The molecule has 0 aromatic rings. The Kier molecular flexibility index (Phi) is 3.65. The van der Waals surface area contributed by atoms with Crippen LogP contribution in [0.1, 0.15) is 6.92 Å². The van der Waals surface area contributed by atoms with E-state index >= 15 is 0 Å². The molecule has 6 nitrogen and oxygen atoms in total. The van der Waals surface area contributed by atoms with E-state index in [9.17, 15) is 9.59 Å². The van der Waals surface area contributed by atoms with Gasteiger partial charge in [-0.05, 0) is 6.92 Å². The maximum Gasteiger partial charge on any atom is 0.320 e. The molecule has 0 aliphatic rings. The van der Waals surface area contributed by atoms with Crippen LogP contribution in [0.4, 0.5) is 0 Å². The minimum Gasteiger partial charge on any atom is -0.481 e. The maximum absolute atomic E-state index is 10.2. The van der Waals surface area contributed by atoms with Gasteiger partial charge in [-0.3, -0.25) is 9.59 Å². The molecule has 2 unspecified atom stereocenters. The number of rotatable bonds is 4. The largest absolute Gasteiger partial charge is 0.481 e. The van der Waals surface area contributed by atoms with Crippen molar-refractivity contribution in [1.82, 2.24) is 0 Å². The average Bonchev–Trinajstić information content (AvgIpc) is 1.85. The average molecular weight is 178 g/mol. The molecular formula is C6H10O6. The van der Waals surface area contributed by atoms with Crippen molar-refractivity contribution in [2.75, 3.05) is 0 Å². The smallest absolute Gasteiger partial charge is 0.320 e. The quantitative estimate of drug-likeness (QED) is 0.390. The van der Waals surface area contributed by atoms with Gasteiger partial charge in [0.1, 0.15) is 6.10 Å². The Morgan fingerprint density at radius 1 is 1.08 bits per heavy atom. The zero-order valence-corrected chi connectivity index (χ0v) is 6.34. The third kappa shape index (κ3) is 2.48. The molecule has 70 valence electrons. The zero-order chi connectivity index (χ0) is 9.89. The summed E-state index contributed by atoms with van der Waals surface area (Å²) in [6.07, 6.45) is -3.18. The van der Waals surface area contributed by atoms with Gasteiger partial charge in [0, 0.05) is 0 Å². The topological polar surface area (TPSA) is 115 Å². The van der Waals surface area contributed by atoms with Crippen LogP contribution in [-0.4, -0.2) is 44.6 Å². The van der Waals surface area contributed by atoms with Crippen molar-refractivity contribution in [3.8, 4) is 0 Å². The molecule has 0 bridgehead atoms. The zero-order valence-electron chi connectivity index (χ0n) is 6.34. The van der Waals surface area contributed by atoms with Gasteiger partial charge < -0.3 is 20.4 Å². The van der Waals surface area contributed by atoms with E-state index in [0.717, 1.165) is 6.92 Å². The Bertz CT molecular complexity index is 172. The SMILES string of the molecule is CC(O)C(O)C(C(=O)O)C(=O)O. The number of aliphatic hydroxyl groups excluding tert-OH is 2. The van der Waals surface area contributed by atoms with Crippen molar-refractivity contribution in [2.24, 2.45) is 5.92 Å². The van der Waals surface area contributed by atoms with Gasteiger partial charge in [-0.2, -0.15) is 0 Å². The normalized spacial score (nSPS) is 15.7. The van der Waals surface area contributed by atoms with E-state index in [1.807, 2.05) is 0 Å². The lowest BCUT2D eigenvalue weighted by molar-refractivity contribution is -0.163. The summed E-state index contributed by atoms with van der Waals surface area (Å²) in [5.41, 5.74) is 0. The summed E-state index contributed by atoms with van der Waals surface area (Å²) in [6, 6.07) is 0. The molecule has 0 radical (unpaired) electrons. The van der Waals surface area contributed by atoms with Gasteiger partial charge in [0.05, 0.1) is 6.10 Å². The highest BCUT2D eigenvalue weighted by molar-refractivity contribution is 5.93. The molecule has 0 aromatic carbocycles. The predicted molar refractivity (Wildman–Crippen MR) is 36.4 cm³/mol. The van der Waals surface area contributed by atoms with Gasteiger partial charge in [0.15, 0.2) is 5.92 Å². The van der Waals surface area contributed by atoms with Crippen molar-refractivity contribution in [3.63, 3.8) is 0 Å². The first-order chi connectivity index (χ1) is 5.37. The first-order valence-corrected chi connectivity index (χ1v) is 3.19. The summed E-state index contributed by atoms with van der Waals surface area (Å²) in [5.74, 6) is -5.32. The van der Waals surface area contributed by atoms with Gasteiger partial charge >= 0.3 is 11.9 Å². The second kappa shape index (κ2) is 4.03. The van der Waals surface area contributed by atoms with Crippen LogP contribution in [0, 0.1) is 5.92 Å². The molecule has 12 heavy (non-hydrogen) atoms. The van der Waals surface area contributed by atoms with E-state index in [-0.39, 0.29) is 0 Å². The van der Waals surface area contributed by atoms with E-state index in [1.54, 1.807) is 0 Å². The number of aliphatic hydroxyl groups is 2. The lowest BCUT2D eigenvalue weighted by Gasteiger charge is -2.17. The molecule has 6 heteroatoms. The molecule has 0 heterocycles. The Morgan fingerprint density at radius 2 is 1.42 bits per heavy atom. The Morgan fingerprint density at radius 3 is 1.50 bits per heavy atom. The van der Waals surface area contributed by atoms with Gasteiger partial charge in [-0.15, -0.1) is 0 Å². The number of aliphatic carboxylic acids is 2. The van der Waals surface area contributed by atoms with Crippen molar-refractivity contribution in [3.05, 3.63) is 0 Å². The van der Waals surface area contributed by atoms with Crippen molar-refractivity contribution >= 4 is 11.9 Å². The molecule has 0 saturated heterocycles. The highest BCUT2D eigenvalue weighted by atomic mass is 16.4. The molecule has 0 rings (SSSR count). The summed E-state index contributed by atoms with van der Waals surface area (Å²) in [6.45, 7) is 1.11. The summed E-state index contributed by atoms with van der Waals surface area (Å²) in [4.78, 5) is 20.5. The van der Waals surface area contributed by atoms with Crippen LogP contribution in [0.15, 0.2) is 0 Å². The molecule has 0 aromatic heterocycles. The maximum atomic E-state index is 10.2. The third-order valence-electron chi connectivity index (χ3n) is 1.37. The van der Waals surface area contributed by atoms with Gasteiger partial charge in [0.25, 0.3) is 0 Å². The van der Waals surface area contributed by atoms with Crippen molar-refractivity contribution < 1.29 is 30.0 Å². The first-order valence-electron chi connectivity index (χ1n) is 3.19. The molecule has 2 atom stereocenters. The molecule has 0 aliphatic carbocycles. The fourth-order valence-electron chi connectivity index (χ4n) is 0.676. The molecule has 4 N–H and O–H groups in total. The number of hydrogen-bond acceptors (Lipinski definition) is 4. The van der Waals surface area contributed by atoms with Crippen LogP contribution in [-0.2, 0) is 9.59 Å². The lowest BCUT2D eigenvalue weighted by atomic mass is 9.99. The predicted octanol–water partition coefficient (Wildman–Crippen LogP) is -1.49. The fraction of sp³-hybridized carbons (Fsp3) is 0.667. The van der Waals surface area contributed by atoms with E-state index < -0.39 is 30.1 Å². The van der Waals surface area contributed by atoms with Crippen molar-refractivity contribution in [2.45, 2.75) is 19.1 Å². The Hall–Kier alpha value is -1.14. The summed E-state index contributed by atoms with van der Waals surface area (Å²) >= 11 is 0. The second-order valence-electron chi connectivity index (χ2n) is 2.39. The van der Waals surface area contributed by atoms with Gasteiger partial charge in [0.2, 0.25) is 0 Å². The summed E-state index contributed by atoms with van der Waals surface area (Å²) in [5, 5.41) is 34.2. The van der Waals surface area contributed by atoms with Crippen LogP contribution in [0.5, 0.6) is 0 Å². The van der Waals surface area contributed by atoms with E-state index in [1.165, 1.54) is 0 Å². The molecule has 0 aliphatic heterocycles. The molecule has 0 fully saturated rings. The molecule has 0 amide bonds. The summed E-state index contributed by atoms with van der Waals surface area (Å²) < 4.78 is 0. The monoisotopic (exact) mass is 178 g/mol.